The van der Waals surface area contributed by atoms with Gasteiger partial charge in [-0.25, -0.2) is 0 Å². The summed E-state index contributed by atoms with van der Waals surface area (Å²) in [5.74, 6) is 0. The zero-order chi connectivity index (χ0) is 15.1. The summed E-state index contributed by atoms with van der Waals surface area (Å²) in [7, 11) is 0. The number of nitro benzene ring substituents is 1. The third kappa shape index (κ3) is 2.57. The maximum atomic E-state index is 12.7. The molecule has 1 saturated heterocycles. The highest BCUT2D eigenvalue weighted by atomic mass is 19.4. The summed E-state index contributed by atoms with van der Waals surface area (Å²) in [6.07, 6.45) is -2.86. The average molecular weight is 288 g/mol. The van der Waals surface area contributed by atoms with Crippen molar-refractivity contribution in [2.75, 3.05) is 11.4 Å². The number of benzene rings is 1. The molecule has 0 atom stereocenters. The van der Waals surface area contributed by atoms with E-state index in [-0.39, 0.29) is 11.2 Å². The molecule has 0 radical (unpaired) electrons. The molecule has 1 aromatic carbocycles. The first-order chi connectivity index (χ1) is 9.13. The third-order valence-electron chi connectivity index (χ3n) is 3.69. The van der Waals surface area contributed by atoms with E-state index in [9.17, 15) is 23.3 Å². The Morgan fingerprint density at radius 3 is 2.45 bits per heavy atom. The van der Waals surface area contributed by atoms with E-state index in [0.29, 0.717) is 12.6 Å². The van der Waals surface area contributed by atoms with E-state index in [4.69, 9.17) is 0 Å². The van der Waals surface area contributed by atoms with E-state index in [0.717, 1.165) is 18.9 Å². The molecule has 0 spiro atoms. The molecule has 0 bridgehead atoms. The highest BCUT2D eigenvalue weighted by Crippen LogP contribution is 2.41. The van der Waals surface area contributed by atoms with Crippen LogP contribution in [0.4, 0.5) is 24.5 Å². The summed E-state index contributed by atoms with van der Waals surface area (Å²) >= 11 is 0. The molecule has 0 N–H and O–H groups in total. The van der Waals surface area contributed by atoms with Crippen LogP contribution < -0.4 is 4.90 Å². The lowest BCUT2D eigenvalue weighted by Crippen LogP contribution is -2.38. The van der Waals surface area contributed by atoms with E-state index in [1.54, 1.807) is 0 Å². The van der Waals surface area contributed by atoms with Gasteiger partial charge in [-0.3, -0.25) is 10.1 Å². The molecule has 1 aromatic rings. The molecule has 110 valence electrons. The Bertz CT molecular complexity index is 541. The van der Waals surface area contributed by atoms with Crippen LogP contribution >= 0.6 is 0 Å². The molecule has 0 saturated carbocycles. The number of rotatable bonds is 2. The lowest BCUT2D eigenvalue weighted by atomic mass is 10.0. The second-order valence-electron chi connectivity index (χ2n) is 5.53. The molecule has 4 nitrogen and oxygen atoms in total. The van der Waals surface area contributed by atoms with Crippen molar-refractivity contribution in [3.63, 3.8) is 0 Å². The lowest BCUT2D eigenvalue weighted by Gasteiger charge is -2.33. The summed E-state index contributed by atoms with van der Waals surface area (Å²) in [6, 6.07) is 2.72. The van der Waals surface area contributed by atoms with Gasteiger partial charge < -0.3 is 4.90 Å². The SMILES string of the molecule is CC1(C)CCCN1c1ccc(C(F)(F)F)cc1[N+](=O)[O-]. The van der Waals surface area contributed by atoms with E-state index < -0.39 is 22.4 Å². The van der Waals surface area contributed by atoms with Gasteiger partial charge in [-0.1, -0.05) is 0 Å². The smallest absolute Gasteiger partial charge is 0.361 e. The van der Waals surface area contributed by atoms with Crippen LogP contribution in [-0.2, 0) is 6.18 Å². The van der Waals surface area contributed by atoms with Gasteiger partial charge in [0.1, 0.15) is 5.69 Å². The summed E-state index contributed by atoms with van der Waals surface area (Å²) in [4.78, 5) is 12.1. The fourth-order valence-corrected chi connectivity index (χ4v) is 2.63. The van der Waals surface area contributed by atoms with Crippen LogP contribution in [0.2, 0.25) is 0 Å². The van der Waals surface area contributed by atoms with Crippen molar-refractivity contribution in [3.05, 3.63) is 33.9 Å². The van der Waals surface area contributed by atoms with Crippen LogP contribution in [0.25, 0.3) is 0 Å². The molecular weight excluding hydrogens is 273 g/mol. The fourth-order valence-electron chi connectivity index (χ4n) is 2.63. The largest absolute Gasteiger partial charge is 0.416 e. The molecule has 7 heteroatoms. The quantitative estimate of drug-likeness (QED) is 0.610. The Balaban J connectivity index is 2.52. The molecule has 0 aromatic heterocycles. The normalized spacial score (nSPS) is 18.4. The molecule has 1 aliphatic heterocycles. The molecule has 20 heavy (non-hydrogen) atoms. The van der Waals surface area contributed by atoms with Crippen LogP contribution in [0.15, 0.2) is 18.2 Å². The average Bonchev–Trinajstić information content (AvgIpc) is 2.66. The standard InChI is InChI=1S/C13H15F3N2O2/c1-12(2)6-3-7-17(12)10-5-4-9(13(14,15)16)8-11(10)18(19)20/h4-5,8H,3,6-7H2,1-2H3. The van der Waals surface area contributed by atoms with E-state index in [1.165, 1.54) is 6.07 Å². The van der Waals surface area contributed by atoms with Crippen molar-refractivity contribution in [2.45, 2.75) is 38.4 Å². The number of nitrogens with zero attached hydrogens (tertiary/aromatic N) is 2. The van der Waals surface area contributed by atoms with E-state index >= 15 is 0 Å². The second-order valence-corrected chi connectivity index (χ2v) is 5.53. The first-order valence-electron chi connectivity index (χ1n) is 6.26. The van der Waals surface area contributed by atoms with Gasteiger partial charge in [0.25, 0.3) is 5.69 Å². The number of alkyl halides is 3. The predicted molar refractivity (Wildman–Crippen MR) is 68.8 cm³/mol. The van der Waals surface area contributed by atoms with Crippen molar-refractivity contribution in [2.24, 2.45) is 0 Å². The topological polar surface area (TPSA) is 46.4 Å². The Kier molecular flexibility index (Phi) is 3.39. The number of nitro groups is 1. The van der Waals surface area contributed by atoms with Gasteiger partial charge in [-0.15, -0.1) is 0 Å². The highest BCUT2D eigenvalue weighted by Gasteiger charge is 2.38. The first-order valence-corrected chi connectivity index (χ1v) is 6.26. The van der Waals surface area contributed by atoms with Gasteiger partial charge in [0.15, 0.2) is 0 Å². The summed E-state index contributed by atoms with van der Waals surface area (Å²) in [5.41, 5.74) is -1.52. The van der Waals surface area contributed by atoms with E-state index in [2.05, 4.69) is 0 Å². The van der Waals surface area contributed by atoms with Crippen molar-refractivity contribution in [3.8, 4) is 0 Å². The number of anilines is 1. The molecule has 0 unspecified atom stereocenters. The van der Waals surface area contributed by atoms with Crippen LogP contribution in [0.5, 0.6) is 0 Å². The molecule has 0 aliphatic carbocycles. The minimum Gasteiger partial charge on any atom is -0.361 e. The van der Waals surface area contributed by atoms with Crippen molar-refractivity contribution in [1.82, 2.24) is 0 Å². The summed E-state index contributed by atoms with van der Waals surface area (Å²) < 4.78 is 38.0. The molecule has 1 heterocycles. The second kappa shape index (κ2) is 4.64. The zero-order valence-corrected chi connectivity index (χ0v) is 11.2. The van der Waals surface area contributed by atoms with Crippen molar-refractivity contribution in [1.29, 1.82) is 0 Å². The van der Waals surface area contributed by atoms with Gasteiger partial charge in [-0.2, -0.15) is 13.2 Å². The van der Waals surface area contributed by atoms with Gasteiger partial charge in [0.2, 0.25) is 0 Å². The molecule has 1 aliphatic rings. The van der Waals surface area contributed by atoms with Crippen molar-refractivity contribution >= 4 is 11.4 Å². The maximum Gasteiger partial charge on any atom is 0.416 e. The van der Waals surface area contributed by atoms with Gasteiger partial charge >= 0.3 is 6.18 Å². The molecule has 1 fully saturated rings. The minimum atomic E-state index is -4.58. The number of hydrogen-bond acceptors (Lipinski definition) is 3. The van der Waals surface area contributed by atoms with Crippen LogP contribution in [0.3, 0.4) is 0 Å². The molecule has 0 amide bonds. The maximum absolute atomic E-state index is 12.7. The molecular formula is C13H15F3N2O2. The monoisotopic (exact) mass is 288 g/mol. The third-order valence-corrected chi connectivity index (χ3v) is 3.69. The van der Waals surface area contributed by atoms with Crippen LogP contribution in [0, 0.1) is 10.1 Å². The Hall–Kier alpha value is -1.79. The minimum absolute atomic E-state index is 0.255. The fraction of sp³-hybridized carbons (Fsp3) is 0.538. The Labute approximate surface area is 114 Å². The Morgan fingerprint density at radius 2 is 2.00 bits per heavy atom. The van der Waals surface area contributed by atoms with Gasteiger partial charge in [0.05, 0.1) is 10.5 Å². The van der Waals surface area contributed by atoms with Gasteiger partial charge in [0, 0.05) is 18.2 Å². The van der Waals surface area contributed by atoms with Crippen molar-refractivity contribution < 1.29 is 18.1 Å². The number of hydrogen-bond donors (Lipinski definition) is 0. The van der Waals surface area contributed by atoms with Crippen LogP contribution in [-0.4, -0.2) is 17.0 Å². The number of halogens is 3. The predicted octanol–water partition coefficient (Wildman–Crippen LogP) is 3.99. The first kappa shape index (κ1) is 14.6. The Morgan fingerprint density at radius 1 is 1.35 bits per heavy atom. The van der Waals surface area contributed by atoms with Crippen LogP contribution in [0.1, 0.15) is 32.3 Å². The van der Waals surface area contributed by atoms with E-state index in [1.807, 2.05) is 18.7 Å². The lowest BCUT2D eigenvalue weighted by molar-refractivity contribution is -0.384. The summed E-state index contributed by atoms with van der Waals surface area (Å²) in [5, 5.41) is 11.1. The molecule has 2 rings (SSSR count). The highest BCUT2D eigenvalue weighted by molar-refractivity contribution is 5.66. The summed E-state index contributed by atoms with van der Waals surface area (Å²) in [6.45, 7) is 4.47. The zero-order valence-electron chi connectivity index (χ0n) is 11.2. The van der Waals surface area contributed by atoms with Gasteiger partial charge in [-0.05, 0) is 38.8 Å².